The summed E-state index contributed by atoms with van der Waals surface area (Å²) in [6.45, 7) is 4.43. The largest absolute Gasteiger partial charge is 0.306 e. The molecule has 0 bridgehead atoms. The second kappa shape index (κ2) is 5.83. The van der Waals surface area contributed by atoms with Gasteiger partial charge in [0.2, 0.25) is 0 Å². The standard InChI is InChI=1S/C14H18N4O2/c1-10(13-9-17(3)16-11(13)2)15-8-12-6-4-5-7-14(12)18(19)20/h4-7,9-10,15H,8H2,1-3H3. The topological polar surface area (TPSA) is 73.0 Å². The van der Waals surface area contributed by atoms with Crippen LogP contribution in [0, 0.1) is 17.0 Å². The van der Waals surface area contributed by atoms with Gasteiger partial charge in [-0.05, 0) is 13.8 Å². The van der Waals surface area contributed by atoms with Crippen LogP contribution >= 0.6 is 0 Å². The van der Waals surface area contributed by atoms with Crippen molar-refractivity contribution in [2.24, 2.45) is 7.05 Å². The number of aryl methyl sites for hydroxylation is 2. The SMILES string of the molecule is Cc1nn(C)cc1C(C)NCc1ccccc1[N+](=O)[O-]. The Morgan fingerprint density at radius 2 is 2.15 bits per heavy atom. The van der Waals surface area contributed by atoms with Crippen LogP contribution in [0.25, 0.3) is 0 Å². The molecule has 0 aliphatic rings. The molecule has 1 aromatic carbocycles. The fourth-order valence-corrected chi connectivity index (χ4v) is 2.25. The third kappa shape index (κ3) is 3.03. The van der Waals surface area contributed by atoms with Gasteiger partial charge in [0.25, 0.3) is 5.69 Å². The number of rotatable bonds is 5. The quantitative estimate of drug-likeness (QED) is 0.671. The zero-order chi connectivity index (χ0) is 14.7. The molecule has 0 amide bonds. The van der Waals surface area contributed by atoms with E-state index in [9.17, 15) is 10.1 Å². The maximum absolute atomic E-state index is 11.0. The predicted octanol–water partition coefficient (Wildman–Crippen LogP) is 2.49. The maximum atomic E-state index is 11.0. The molecule has 1 unspecified atom stereocenters. The van der Waals surface area contributed by atoms with Crippen molar-refractivity contribution in [2.75, 3.05) is 0 Å². The molecule has 6 heteroatoms. The van der Waals surface area contributed by atoms with E-state index in [1.54, 1.807) is 16.8 Å². The summed E-state index contributed by atoms with van der Waals surface area (Å²) in [7, 11) is 1.88. The lowest BCUT2D eigenvalue weighted by atomic mass is 10.1. The fraction of sp³-hybridized carbons (Fsp3) is 0.357. The monoisotopic (exact) mass is 274 g/mol. The van der Waals surface area contributed by atoms with E-state index in [2.05, 4.69) is 10.4 Å². The summed E-state index contributed by atoms with van der Waals surface area (Å²) in [5.74, 6) is 0. The molecule has 2 aromatic rings. The third-order valence-corrected chi connectivity index (χ3v) is 3.30. The first-order valence-electron chi connectivity index (χ1n) is 6.45. The zero-order valence-corrected chi connectivity index (χ0v) is 11.8. The van der Waals surface area contributed by atoms with Crippen molar-refractivity contribution in [1.29, 1.82) is 0 Å². The molecule has 106 valence electrons. The van der Waals surface area contributed by atoms with Crippen LogP contribution in [-0.2, 0) is 13.6 Å². The summed E-state index contributed by atoms with van der Waals surface area (Å²) in [4.78, 5) is 10.6. The Kier molecular flexibility index (Phi) is 4.14. The second-order valence-electron chi connectivity index (χ2n) is 4.83. The van der Waals surface area contributed by atoms with Gasteiger partial charge in [-0.2, -0.15) is 5.10 Å². The van der Waals surface area contributed by atoms with Gasteiger partial charge in [-0.25, -0.2) is 0 Å². The number of para-hydroxylation sites is 1. The number of nitrogens with zero attached hydrogens (tertiary/aromatic N) is 3. The van der Waals surface area contributed by atoms with Crippen molar-refractivity contribution in [3.8, 4) is 0 Å². The molecule has 1 aromatic heterocycles. The minimum absolute atomic E-state index is 0.0866. The third-order valence-electron chi connectivity index (χ3n) is 3.30. The van der Waals surface area contributed by atoms with Gasteiger partial charge in [0.1, 0.15) is 0 Å². The summed E-state index contributed by atoms with van der Waals surface area (Å²) in [6.07, 6.45) is 1.96. The zero-order valence-electron chi connectivity index (χ0n) is 11.8. The number of aromatic nitrogens is 2. The molecule has 0 saturated heterocycles. The fourth-order valence-electron chi connectivity index (χ4n) is 2.25. The second-order valence-corrected chi connectivity index (χ2v) is 4.83. The first kappa shape index (κ1) is 14.2. The highest BCUT2D eigenvalue weighted by Gasteiger charge is 2.15. The Morgan fingerprint density at radius 3 is 2.75 bits per heavy atom. The van der Waals surface area contributed by atoms with E-state index in [1.165, 1.54) is 6.07 Å². The number of benzene rings is 1. The first-order chi connectivity index (χ1) is 9.49. The normalized spacial score (nSPS) is 12.3. The Labute approximate surface area is 117 Å². The minimum atomic E-state index is -0.350. The highest BCUT2D eigenvalue weighted by atomic mass is 16.6. The van der Waals surface area contributed by atoms with Crippen molar-refractivity contribution < 1.29 is 4.92 Å². The van der Waals surface area contributed by atoms with E-state index in [0.29, 0.717) is 12.1 Å². The van der Waals surface area contributed by atoms with Gasteiger partial charge in [0, 0.05) is 43.0 Å². The average Bonchev–Trinajstić information content (AvgIpc) is 2.75. The van der Waals surface area contributed by atoms with E-state index in [-0.39, 0.29) is 16.7 Å². The lowest BCUT2D eigenvalue weighted by molar-refractivity contribution is -0.385. The van der Waals surface area contributed by atoms with Gasteiger partial charge in [-0.15, -0.1) is 0 Å². The van der Waals surface area contributed by atoms with Crippen LogP contribution in [0.2, 0.25) is 0 Å². The first-order valence-corrected chi connectivity index (χ1v) is 6.45. The van der Waals surface area contributed by atoms with E-state index >= 15 is 0 Å². The maximum Gasteiger partial charge on any atom is 0.273 e. The van der Waals surface area contributed by atoms with Gasteiger partial charge in [-0.3, -0.25) is 14.8 Å². The van der Waals surface area contributed by atoms with Gasteiger partial charge in [0.05, 0.1) is 10.6 Å². The molecule has 0 saturated carbocycles. The van der Waals surface area contributed by atoms with Gasteiger partial charge < -0.3 is 5.32 Å². The summed E-state index contributed by atoms with van der Waals surface area (Å²) in [6, 6.07) is 6.87. The van der Waals surface area contributed by atoms with Gasteiger partial charge >= 0.3 is 0 Å². The lowest BCUT2D eigenvalue weighted by Crippen LogP contribution is -2.19. The Balaban J connectivity index is 2.09. The van der Waals surface area contributed by atoms with E-state index < -0.39 is 0 Å². The number of nitro benzene ring substituents is 1. The summed E-state index contributed by atoms with van der Waals surface area (Å²) >= 11 is 0. The van der Waals surface area contributed by atoms with Crippen molar-refractivity contribution in [3.63, 3.8) is 0 Å². The average molecular weight is 274 g/mol. The molecule has 1 N–H and O–H groups in total. The van der Waals surface area contributed by atoms with Crippen molar-refractivity contribution >= 4 is 5.69 Å². The smallest absolute Gasteiger partial charge is 0.273 e. The predicted molar refractivity (Wildman–Crippen MR) is 76.3 cm³/mol. The molecule has 0 aliphatic carbocycles. The Morgan fingerprint density at radius 1 is 1.45 bits per heavy atom. The number of nitrogens with one attached hydrogen (secondary N) is 1. The van der Waals surface area contributed by atoms with Crippen molar-refractivity contribution in [3.05, 3.63) is 57.4 Å². The number of hydrogen-bond acceptors (Lipinski definition) is 4. The minimum Gasteiger partial charge on any atom is -0.306 e. The van der Waals surface area contributed by atoms with Crippen LogP contribution in [-0.4, -0.2) is 14.7 Å². The molecule has 1 heterocycles. The molecule has 2 rings (SSSR count). The molecular weight excluding hydrogens is 256 g/mol. The van der Waals surface area contributed by atoms with Crippen LogP contribution in [0.4, 0.5) is 5.69 Å². The molecule has 20 heavy (non-hydrogen) atoms. The number of hydrogen-bond donors (Lipinski definition) is 1. The van der Waals surface area contributed by atoms with E-state index in [1.807, 2.05) is 33.2 Å². The van der Waals surface area contributed by atoms with Crippen LogP contribution in [0.15, 0.2) is 30.5 Å². The number of nitro groups is 1. The van der Waals surface area contributed by atoms with Gasteiger partial charge in [-0.1, -0.05) is 18.2 Å². The van der Waals surface area contributed by atoms with Crippen LogP contribution in [0.3, 0.4) is 0 Å². The van der Waals surface area contributed by atoms with Crippen molar-refractivity contribution in [1.82, 2.24) is 15.1 Å². The van der Waals surface area contributed by atoms with Crippen LogP contribution in [0.1, 0.15) is 29.8 Å². The van der Waals surface area contributed by atoms with Crippen molar-refractivity contribution in [2.45, 2.75) is 26.4 Å². The molecule has 6 nitrogen and oxygen atoms in total. The molecule has 0 radical (unpaired) electrons. The molecular formula is C14H18N4O2. The van der Waals surface area contributed by atoms with Crippen LogP contribution in [0.5, 0.6) is 0 Å². The van der Waals surface area contributed by atoms with E-state index in [4.69, 9.17) is 0 Å². The highest BCUT2D eigenvalue weighted by molar-refractivity contribution is 5.39. The summed E-state index contributed by atoms with van der Waals surface area (Å²) < 4.78 is 1.77. The Bertz CT molecular complexity index is 621. The highest BCUT2D eigenvalue weighted by Crippen LogP contribution is 2.20. The molecule has 0 spiro atoms. The summed E-state index contributed by atoms with van der Waals surface area (Å²) in [5.41, 5.74) is 2.90. The molecule has 0 aliphatic heterocycles. The Hall–Kier alpha value is -2.21. The molecule has 0 fully saturated rings. The van der Waals surface area contributed by atoms with Crippen LogP contribution < -0.4 is 5.32 Å². The summed E-state index contributed by atoms with van der Waals surface area (Å²) in [5, 5.41) is 18.6. The lowest BCUT2D eigenvalue weighted by Gasteiger charge is -2.13. The molecule has 1 atom stereocenters. The van der Waals surface area contributed by atoms with Gasteiger partial charge in [0.15, 0.2) is 0 Å². The van der Waals surface area contributed by atoms with E-state index in [0.717, 1.165) is 11.3 Å².